The van der Waals surface area contributed by atoms with Crippen LogP contribution in [0.1, 0.15) is 33.8 Å². The predicted octanol–water partition coefficient (Wildman–Crippen LogP) is 4.59. The molecular formula is C18H15ClF4N2O. The number of halogens is 5. The highest BCUT2D eigenvalue weighted by Gasteiger charge is 2.33. The molecule has 0 saturated carbocycles. The van der Waals surface area contributed by atoms with Gasteiger partial charge in [0.25, 0.3) is 5.91 Å². The van der Waals surface area contributed by atoms with Crippen molar-refractivity contribution in [2.75, 3.05) is 18.0 Å². The lowest BCUT2D eigenvalue weighted by Gasteiger charge is -2.21. The molecule has 1 aliphatic heterocycles. The molecule has 26 heavy (non-hydrogen) atoms. The van der Waals surface area contributed by atoms with Crippen LogP contribution in [0.15, 0.2) is 36.4 Å². The molecule has 8 heteroatoms. The first-order valence-corrected chi connectivity index (χ1v) is 8.26. The number of nitrogens with zero attached hydrogens (tertiary/aromatic N) is 1. The third kappa shape index (κ3) is 3.49. The maximum Gasteiger partial charge on any atom is 0.416 e. The monoisotopic (exact) mass is 386 g/mol. The third-order valence-electron chi connectivity index (χ3n) is 4.54. The molecule has 0 radical (unpaired) electrons. The molecule has 3 rings (SSSR count). The number of benzene rings is 2. The molecular weight excluding hydrogens is 372 g/mol. The van der Waals surface area contributed by atoms with E-state index >= 15 is 0 Å². The quantitative estimate of drug-likeness (QED) is 0.784. The Hall–Kier alpha value is -2.28. The van der Waals surface area contributed by atoms with Gasteiger partial charge in [0.2, 0.25) is 0 Å². The zero-order valence-corrected chi connectivity index (χ0v) is 14.2. The van der Waals surface area contributed by atoms with Crippen LogP contribution in [-0.2, 0) is 6.18 Å². The molecule has 1 fully saturated rings. The first kappa shape index (κ1) is 18.5. The minimum atomic E-state index is -4.46. The van der Waals surface area contributed by atoms with Crippen LogP contribution in [0.5, 0.6) is 0 Å². The molecule has 0 bridgehead atoms. The van der Waals surface area contributed by atoms with E-state index in [0.29, 0.717) is 30.8 Å². The van der Waals surface area contributed by atoms with Crippen molar-refractivity contribution in [1.82, 2.24) is 0 Å². The zero-order chi connectivity index (χ0) is 19.1. The molecule has 2 aromatic rings. The molecule has 3 nitrogen and oxygen atoms in total. The third-order valence-corrected chi connectivity index (χ3v) is 4.84. The first-order chi connectivity index (χ1) is 12.2. The Kier molecular flexibility index (Phi) is 4.84. The summed E-state index contributed by atoms with van der Waals surface area (Å²) in [6.45, 7) is 0.889. The van der Waals surface area contributed by atoms with Gasteiger partial charge in [0, 0.05) is 19.0 Å². The molecule has 0 spiro atoms. The van der Waals surface area contributed by atoms with Gasteiger partial charge in [-0.2, -0.15) is 13.2 Å². The van der Waals surface area contributed by atoms with Gasteiger partial charge in [-0.05, 0) is 36.2 Å². The highest BCUT2D eigenvalue weighted by Crippen LogP contribution is 2.38. The van der Waals surface area contributed by atoms with Gasteiger partial charge in [0.05, 0.1) is 21.8 Å². The van der Waals surface area contributed by atoms with Gasteiger partial charge in [-0.3, -0.25) is 4.79 Å². The topological polar surface area (TPSA) is 46.3 Å². The molecule has 2 N–H and O–H groups in total. The summed E-state index contributed by atoms with van der Waals surface area (Å²) in [6.07, 6.45) is -3.88. The van der Waals surface area contributed by atoms with E-state index in [-0.39, 0.29) is 16.5 Å². The van der Waals surface area contributed by atoms with Crippen LogP contribution >= 0.6 is 11.6 Å². The summed E-state index contributed by atoms with van der Waals surface area (Å²) in [5, 5.41) is -0.00756. The fourth-order valence-electron chi connectivity index (χ4n) is 3.23. The maximum absolute atomic E-state index is 14.5. The molecule has 138 valence electrons. The number of anilines is 1. The second-order valence-corrected chi connectivity index (χ2v) is 6.58. The minimum absolute atomic E-state index is 0.00756. The fourth-order valence-corrected chi connectivity index (χ4v) is 3.53. The number of primary amides is 1. The molecule has 1 amide bonds. The number of carbonyl (C=O) groups excluding carboxylic acids is 1. The Morgan fingerprint density at radius 1 is 1.23 bits per heavy atom. The normalized spacial score (nSPS) is 17.6. The number of hydrogen-bond donors (Lipinski definition) is 1. The molecule has 1 aliphatic rings. The molecule has 1 unspecified atom stereocenters. The second-order valence-electron chi connectivity index (χ2n) is 6.17. The average molecular weight is 387 g/mol. The van der Waals surface area contributed by atoms with Crippen LogP contribution in [0.25, 0.3) is 0 Å². The lowest BCUT2D eigenvalue weighted by molar-refractivity contribution is -0.137. The smallest absolute Gasteiger partial charge is 0.370 e. The van der Waals surface area contributed by atoms with Gasteiger partial charge in [-0.15, -0.1) is 0 Å². The van der Waals surface area contributed by atoms with Crippen molar-refractivity contribution in [3.63, 3.8) is 0 Å². The first-order valence-electron chi connectivity index (χ1n) is 7.88. The summed E-state index contributed by atoms with van der Waals surface area (Å²) in [4.78, 5) is 13.1. The van der Waals surface area contributed by atoms with Crippen LogP contribution < -0.4 is 10.6 Å². The minimum Gasteiger partial charge on any atom is -0.370 e. The van der Waals surface area contributed by atoms with Crippen LogP contribution in [0.4, 0.5) is 23.2 Å². The van der Waals surface area contributed by atoms with Gasteiger partial charge < -0.3 is 10.6 Å². The van der Waals surface area contributed by atoms with Crippen molar-refractivity contribution >= 4 is 23.2 Å². The van der Waals surface area contributed by atoms with Crippen molar-refractivity contribution in [2.24, 2.45) is 5.73 Å². The van der Waals surface area contributed by atoms with E-state index in [2.05, 4.69) is 0 Å². The Balaban J connectivity index is 1.84. The van der Waals surface area contributed by atoms with Crippen LogP contribution in [0.2, 0.25) is 5.02 Å². The summed E-state index contributed by atoms with van der Waals surface area (Å²) in [6, 6.07) is 7.66. The Labute approximate surface area is 152 Å². The zero-order valence-electron chi connectivity index (χ0n) is 13.5. The van der Waals surface area contributed by atoms with Crippen molar-refractivity contribution < 1.29 is 22.4 Å². The van der Waals surface area contributed by atoms with Gasteiger partial charge >= 0.3 is 6.18 Å². The van der Waals surface area contributed by atoms with Crippen LogP contribution in [-0.4, -0.2) is 19.0 Å². The van der Waals surface area contributed by atoms with E-state index < -0.39 is 23.5 Å². The summed E-state index contributed by atoms with van der Waals surface area (Å²) in [7, 11) is 0. The maximum atomic E-state index is 14.5. The Morgan fingerprint density at radius 3 is 2.58 bits per heavy atom. The molecule has 1 atom stereocenters. The number of alkyl halides is 3. The molecule has 0 aliphatic carbocycles. The van der Waals surface area contributed by atoms with Gasteiger partial charge in [-0.25, -0.2) is 4.39 Å². The van der Waals surface area contributed by atoms with E-state index in [1.807, 2.05) is 4.90 Å². The standard InChI is InChI=1S/C18H15ClF4N2O/c19-14-8-11(18(21,22)23)4-5-15(14)25-7-6-10(9-25)12-2-1-3-13(16(12)20)17(24)26/h1-5,8,10H,6-7,9H2,(H2,24,26). The van der Waals surface area contributed by atoms with Crippen LogP contribution in [0, 0.1) is 5.82 Å². The predicted molar refractivity (Wildman–Crippen MR) is 90.9 cm³/mol. The highest BCUT2D eigenvalue weighted by atomic mass is 35.5. The molecule has 1 heterocycles. The van der Waals surface area contributed by atoms with E-state index in [0.717, 1.165) is 12.1 Å². The van der Waals surface area contributed by atoms with Gasteiger partial charge in [0.1, 0.15) is 5.82 Å². The fraction of sp³-hybridized carbons (Fsp3) is 0.278. The molecule has 2 aromatic carbocycles. The van der Waals surface area contributed by atoms with Crippen LogP contribution in [0.3, 0.4) is 0 Å². The second kappa shape index (κ2) is 6.79. The lowest BCUT2D eigenvalue weighted by Crippen LogP contribution is -2.21. The number of rotatable bonds is 3. The van der Waals surface area contributed by atoms with Gasteiger partial charge in [0.15, 0.2) is 0 Å². The van der Waals surface area contributed by atoms with Crippen molar-refractivity contribution in [3.05, 3.63) is 63.9 Å². The largest absolute Gasteiger partial charge is 0.416 e. The lowest BCUT2D eigenvalue weighted by atomic mass is 9.95. The number of nitrogens with two attached hydrogens (primary N) is 1. The number of carbonyl (C=O) groups is 1. The van der Waals surface area contributed by atoms with Gasteiger partial charge in [-0.1, -0.05) is 23.7 Å². The summed E-state index contributed by atoms with van der Waals surface area (Å²) >= 11 is 6.03. The SMILES string of the molecule is NC(=O)c1cccc(C2CCN(c3ccc(C(F)(F)F)cc3Cl)C2)c1F. The van der Waals surface area contributed by atoms with E-state index in [1.165, 1.54) is 12.1 Å². The average Bonchev–Trinajstić information content (AvgIpc) is 3.03. The summed E-state index contributed by atoms with van der Waals surface area (Å²) in [5.74, 6) is -1.71. The molecule has 1 saturated heterocycles. The summed E-state index contributed by atoms with van der Waals surface area (Å²) < 4.78 is 52.8. The van der Waals surface area contributed by atoms with E-state index in [9.17, 15) is 22.4 Å². The Morgan fingerprint density at radius 2 is 1.96 bits per heavy atom. The highest BCUT2D eigenvalue weighted by molar-refractivity contribution is 6.33. The van der Waals surface area contributed by atoms with E-state index in [1.54, 1.807) is 12.1 Å². The number of hydrogen-bond acceptors (Lipinski definition) is 2. The summed E-state index contributed by atoms with van der Waals surface area (Å²) in [5.41, 5.74) is 5.01. The van der Waals surface area contributed by atoms with Crippen molar-refractivity contribution in [3.8, 4) is 0 Å². The number of amides is 1. The van der Waals surface area contributed by atoms with Crippen molar-refractivity contribution in [1.29, 1.82) is 0 Å². The van der Waals surface area contributed by atoms with E-state index in [4.69, 9.17) is 17.3 Å². The Bertz CT molecular complexity index is 854. The van der Waals surface area contributed by atoms with Crippen molar-refractivity contribution in [2.45, 2.75) is 18.5 Å². The molecule has 0 aromatic heterocycles.